The van der Waals surface area contributed by atoms with Gasteiger partial charge in [0.15, 0.2) is 5.78 Å². The summed E-state index contributed by atoms with van der Waals surface area (Å²) in [5, 5.41) is 0. The summed E-state index contributed by atoms with van der Waals surface area (Å²) >= 11 is 3.42. The highest BCUT2D eigenvalue weighted by Gasteiger charge is 2.26. The van der Waals surface area contributed by atoms with E-state index in [0.717, 1.165) is 17.6 Å². The molecule has 0 unspecified atom stereocenters. The maximum absolute atomic E-state index is 11.9. The summed E-state index contributed by atoms with van der Waals surface area (Å²) in [6.07, 6.45) is 0.508. The minimum Gasteiger partial charge on any atom is -0.371 e. The van der Waals surface area contributed by atoms with E-state index < -0.39 is 5.60 Å². The van der Waals surface area contributed by atoms with Crippen LogP contribution in [0.25, 0.3) is 0 Å². The number of rotatable bonds is 7. The average molecular weight is 328 g/mol. The van der Waals surface area contributed by atoms with Gasteiger partial charge in [-0.1, -0.05) is 28.1 Å². The van der Waals surface area contributed by atoms with Crippen molar-refractivity contribution in [2.24, 2.45) is 0 Å². The summed E-state index contributed by atoms with van der Waals surface area (Å²) in [7, 11) is 3.60. The van der Waals surface area contributed by atoms with E-state index >= 15 is 0 Å². The molecule has 0 atom stereocenters. The number of benzene rings is 1. The number of hydrogen-bond donors (Lipinski definition) is 0. The topological polar surface area (TPSA) is 29.5 Å². The molecule has 0 saturated heterocycles. The van der Waals surface area contributed by atoms with Crippen molar-refractivity contribution < 1.29 is 9.53 Å². The van der Waals surface area contributed by atoms with Crippen molar-refractivity contribution in [3.63, 3.8) is 0 Å². The lowest BCUT2D eigenvalue weighted by atomic mass is 10.0. The van der Waals surface area contributed by atoms with Gasteiger partial charge in [-0.25, -0.2) is 0 Å². The van der Waals surface area contributed by atoms with E-state index in [1.165, 1.54) is 5.56 Å². The van der Waals surface area contributed by atoms with E-state index in [0.29, 0.717) is 6.42 Å². The summed E-state index contributed by atoms with van der Waals surface area (Å²) in [5.74, 6) is 0.137. The molecule has 0 saturated carbocycles. The van der Waals surface area contributed by atoms with Gasteiger partial charge in [-0.3, -0.25) is 4.79 Å². The zero-order chi connectivity index (χ0) is 14.5. The van der Waals surface area contributed by atoms with Gasteiger partial charge < -0.3 is 9.64 Å². The normalized spacial score (nSPS) is 11.9. The Morgan fingerprint density at radius 2 is 1.89 bits per heavy atom. The molecular formula is C15H22BrNO2. The molecule has 0 N–H and O–H groups in total. The van der Waals surface area contributed by atoms with E-state index in [-0.39, 0.29) is 5.78 Å². The molecule has 0 aliphatic heterocycles. The first-order valence-corrected chi connectivity index (χ1v) is 7.16. The number of hydrogen-bond acceptors (Lipinski definition) is 3. The van der Waals surface area contributed by atoms with Crippen LogP contribution in [0, 0.1) is 0 Å². The van der Waals surface area contributed by atoms with Gasteiger partial charge in [-0.15, -0.1) is 0 Å². The molecule has 0 spiro atoms. The van der Waals surface area contributed by atoms with Crippen LogP contribution in [0.3, 0.4) is 0 Å². The third-order valence-corrected chi connectivity index (χ3v) is 3.80. The molecule has 1 rings (SSSR count). The summed E-state index contributed by atoms with van der Waals surface area (Å²) in [6, 6.07) is 8.23. The fourth-order valence-electron chi connectivity index (χ4n) is 1.69. The molecule has 106 valence electrons. The summed E-state index contributed by atoms with van der Waals surface area (Å²) < 4.78 is 6.27. The lowest BCUT2D eigenvalue weighted by molar-refractivity contribution is -0.137. The molecule has 4 heteroatoms. The predicted molar refractivity (Wildman–Crippen MR) is 81.2 cm³/mol. The van der Waals surface area contributed by atoms with E-state index in [1.807, 2.05) is 33.0 Å². The smallest absolute Gasteiger partial charge is 0.165 e. The minimum absolute atomic E-state index is 0.137. The lowest BCUT2D eigenvalue weighted by Crippen LogP contribution is -2.36. The molecule has 3 nitrogen and oxygen atoms in total. The first-order valence-electron chi connectivity index (χ1n) is 6.36. The number of halogens is 1. The number of Topliss-reactive ketones (excluding diaryl/α,β-unsaturated/α-hetero) is 1. The van der Waals surface area contributed by atoms with Gasteiger partial charge in [0.1, 0.15) is 5.60 Å². The largest absolute Gasteiger partial charge is 0.371 e. The molecule has 0 amide bonds. The van der Waals surface area contributed by atoms with Crippen LogP contribution in [0.4, 0.5) is 0 Å². The van der Waals surface area contributed by atoms with Gasteiger partial charge in [-0.05, 0) is 38.6 Å². The van der Waals surface area contributed by atoms with Gasteiger partial charge in [0.25, 0.3) is 0 Å². The molecule has 0 aliphatic carbocycles. The van der Waals surface area contributed by atoms with Crippen LogP contribution >= 0.6 is 15.9 Å². The van der Waals surface area contributed by atoms with Crippen molar-refractivity contribution in [2.75, 3.05) is 20.7 Å². The third kappa shape index (κ3) is 5.43. The number of ether oxygens (including phenoxy) is 1. The van der Waals surface area contributed by atoms with Gasteiger partial charge in [0.2, 0.25) is 0 Å². The van der Waals surface area contributed by atoms with Crippen LogP contribution in [0.1, 0.15) is 25.8 Å². The number of methoxy groups -OCH3 is 1. The van der Waals surface area contributed by atoms with Gasteiger partial charge >= 0.3 is 0 Å². The summed E-state index contributed by atoms with van der Waals surface area (Å²) in [4.78, 5) is 14.1. The molecule has 0 radical (unpaired) electrons. The summed E-state index contributed by atoms with van der Waals surface area (Å²) in [5.41, 5.74) is 0.558. The molecule has 1 aromatic rings. The Kier molecular flexibility index (Phi) is 6.17. The van der Waals surface area contributed by atoms with Crippen LogP contribution in [-0.2, 0) is 16.1 Å². The minimum atomic E-state index is -0.682. The lowest BCUT2D eigenvalue weighted by Gasteiger charge is -2.23. The Balaban J connectivity index is 2.42. The quantitative estimate of drug-likeness (QED) is 0.769. The molecule has 0 heterocycles. The van der Waals surface area contributed by atoms with Crippen molar-refractivity contribution in [1.82, 2.24) is 4.90 Å². The summed E-state index contributed by atoms with van der Waals surface area (Å²) in [6.45, 7) is 5.20. The average Bonchev–Trinajstić information content (AvgIpc) is 2.38. The number of ketones is 1. The van der Waals surface area contributed by atoms with Gasteiger partial charge in [0, 0.05) is 31.1 Å². The molecule has 1 aromatic carbocycles. The van der Waals surface area contributed by atoms with Crippen molar-refractivity contribution in [3.05, 3.63) is 34.3 Å². The highest BCUT2D eigenvalue weighted by Crippen LogP contribution is 2.14. The highest BCUT2D eigenvalue weighted by molar-refractivity contribution is 9.10. The second kappa shape index (κ2) is 7.17. The van der Waals surface area contributed by atoms with E-state index in [4.69, 9.17) is 4.74 Å². The van der Waals surface area contributed by atoms with Crippen molar-refractivity contribution in [1.29, 1.82) is 0 Å². The van der Waals surface area contributed by atoms with E-state index in [1.54, 1.807) is 7.11 Å². The van der Waals surface area contributed by atoms with Gasteiger partial charge in [-0.2, -0.15) is 0 Å². The highest BCUT2D eigenvalue weighted by atomic mass is 79.9. The Bertz CT molecular complexity index is 415. The first kappa shape index (κ1) is 16.3. The van der Waals surface area contributed by atoms with Crippen LogP contribution in [0.15, 0.2) is 28.7 Å². The Morgan fingerprint density at radius 3 is 2.42 bits per heavy atom. The second-order valence-corrected chi connectivity index (χ2v) is 6.17. The van der Waals surface area contributed by atoms with Crippen molar-refractivity contribution in [3.8, 4) is 0 Å². The molecule has 0 bridgehead atoms. The Morgan fingerprint density at radius 1 is 1.32 bits per heavy atom. The number of carbonyl (C=O) groups excluding carboxylic acids is 1. The fourth-order valence-corrected chi connectivity index (χ4v) is 1.95. The molecule has 0 aliphatic rings. The zero-order valence-electron chi connectivity index (χ0n) is 12.1. The van der Waals surface area contributed by atoms with E-state index in [9.17, 15) is 4.79 Å². The Labute approximate surface area is 124 Å². The standard InChI is InChI=1S/C15H22BrNO2/c1-15(2,19-4)14(18)9-10-17(3)11-12-5-7-13(16)8-6-12/h5-8H,9-11H2,1-4H3. The fraction of sp³-hybridized carbons (Fsp3) is 0.533. The zero-order valence-corrected chi connectivity index (χ0v) is 13.7. The predicted octanol–water partition coefficient (Wildman–Crippen LogP) is 3.27. The number of carbonyl (C=O) groups is 1. The van der Waals surface area contributed by atoms with Crippen LogP contribution in [0.5, 0.6) is 0 Å². The number of nitrogens with zero attached hydrogens (tertiary/aromatic N) is 1. The monoisotopic (exact) mass is 327 g/mol. The first-order chi connectivity index (χ1) is 8.85. The maximum Gasteiger partial charge on any atom is 0.165 e. The van der Waals surface area contributed by atoms with Crippen molar-refractivity contribution >= 4 is 21.7 Å². The van der Waals surface area contributed by atoms with E-state index in [2.05, 4.69) is 33.0 Å². The molecule has 0 aromatic heterocycles. The SMILES string of the molecule is COC(C)(C)C(=O)CCN(C)Cc1ccc(Br)cc1. The molecular weight excluding hydrogens is 306 g/mol. The Hall–Kier alpha value is -0.710. The third-order valence-electron chi connectivity index (χ3n) is 3.27. The molecule has 19 heavy (non-hydrogen) atoms. The van der Waals surface area contributed by atoms with Crippen molar-refractivity contribution in [2.45, 2.75) is 32.4 Å². The second-order valence-electron chi connectivity index (χ2n) is 5.25. The van der Waals surface area contributed by atoms with Gasteiger partial charge in [0.05, 0.1) is 0 Å². The van der Waals surface area contributed by atoms with Crippen LogP contribution < -0.4 is 0 Å². The van der Waals surface area contributed by atoms with Crippen LogP contribution in [0.2, 0.25) is 0 Å². The molecule has 0 fully saturated rings. The maximum atomic E-state index is 11.9. The van der Waals surface area contributed by atoms with Crippen LogP contribution in [-0.4, -0.2) is 37.0 Å².